The first-order chi connectivity index (χ1) is 18.5. The summed E-state index contributed by atoms with van der Waals surface area (Å²) < 4.78 is 33.8. The number of carbonyl (C=O) groups is 2. The minimum atomic E-state index is -4.18. The molecular formula is C29H34ClN3O5S. The average molecular weight is 572 g/mol. The Balaban J connectivity index is 2.02. The van der Waals surface area contributed by atoms with Crippen LogP contribution in [0.2, 0.25) is 5.02 Å². The Morgan fingerprint density at radius 2 is 1.62 bits per heavy atom. The number of benzene rings is 3. The summed E-state index contributed by atoms with van der Waals surface area (Å²) in [5, 5.41) is 3.04. The van der Waals surface area contributed by atoms with Gasteiger partial charge in [-0.05, 0) is 54.8 Å². The molecule has 1 N–H and O–H groups in total. The van der Waals surface area contributed by atoms with Crippen LogP contribution in [0.4, 0.5) is 5.69 Å². The molecule has 1 unspecified atom stereocenters. The van der Waals surface area contributed by atoms with Gasteiger partial charge in [-0.15, -0.1) is 0 Å². The summed E-state index contributed by atoms with van der Waals surface area (Å²) in [6.07, 6.45) is 0. The van der Waals surface area contributed by atoms with Crippen LogP contribution < -0.4 is 14.4 Å². The monoisotopic (exact) mass is 571 g/mol. The third-order valence-corrected chi connectivity index (χ3v) is 8.16. The molecule has 39 heavy (non-hydrogen) atoms. The van der Waals surface area contributed by atoms with Gasteiger partial charge in [-0.2, -0.15) is 0 Å². The number of sulfonamides is 1. The van der Waals surface area contributed by atoms with Crippen molar-refractivity contribution < 1.29 is 22.7 Å². The Bertz CT molecular complexity index is 1380. The molecule has 2 amide bonds. The fourth-order valence-electron chi connectivity index (χ4n) is 3.89. The summed E-state index contributed by atoms with van der Waals surface area (Å²) in [7, 11) is -2.63. The van der Waals surface area contributed by atoms with Crippen LogP contribution in [0.1, 0.15) is 26.3 Å². The lowest BCUT2D eigenvalue weighted by atomic mass is 10.1. The minimum Gasteiger partial charge on any atom is -0.497 e. The van der Waals surface area contributed by atoms with Crippen molar-refractivity contribution in [2.24, 2.45) is 5.92 Å². The number of carbonyl (C=O) groups excluding carboxylic acids is 2. The number of para-hydroxylation sites is 1. The van der Waals surface area contributed by atoms with Crippen molar-refractivity contribution in [2.45, 2.75) is 38.3 Å². The molecule has 0 aliphatic rings. The van der Waals surface area contributed by atoms with Gasteiger partial charge in [-0.1, -0.05) is 67.9 Å². The molecule has 3 aromatic rings. The van der Waals surface area contributed by atoms with Gasteiger partial charge in [0.1, 0.15) is 18.3 Å². The molecule has 0 spiro atoms. The molecule has 10 heteroatoms. The van der Waals surface area contributed by atoms with Gasteiger partial charge in [0.25, 0.3) is 10.0 Å². The Labute approximate surface area is 235 Å². The Morgan fingerprint density at radius 3 is 2.26 bits per heavy atom. The molecule has 0 radical (unpaired) electrons. The predicted molar refractivity (Wildman–Crippen MR) is 153 cm³/mol. The van der Waals surface area contributed by atoms with Gasteiger partial charge in [-0.3, -0.25) is 13.9 Å². The second kappa shape index (κ2) is 13.5. The number of halogens is 1. The van der Waals surface area contributed by atoms with E-state index < -0.39 is 28.5 Å². The van der Waals surface area contributed by atoms with E-state index in [2.05, 4.69) is 5.32 Å². The van der Waals surface area contributed by atoms with E-state index in [1.54, 1.807) is 74.7 Å². The molecule has 1 atom stereocenters. The third-order valence-electron chi connectivity index (χ3n) is 6.07. The van der Waals surface area contributed by atoms with Crippen molar-refractivity contribution >= 4 is 39.1 Å². The van der Waals surface area contributed by atoms with Crippen molar-refractivity contribution in [2.75, 3.05) is 24.5 Å². The maximum Gasteiger partial charge on any atom is 0.264 e. The van der Waals surface area contributed by atoms with Gasteiger partial charge in [-0.25, -0.2) is 8.42 Å². The van der Waals surface area contributed by atoms with E-state index in [1.165, 1.54) is 17.0 Å². The lowest BCUT2D eigenvalue weighted by Gasteiger charge is -2.32. The molecular weight excluding hydrogens is 538 g/mol. The molecule has 0 aliphatic carbocycles. The van der Waals surface area contributed by atoms with Gasteiger partial charge in [0.05, 0.1) is 22.7 Å². The van der Waals surface area contributed by atoms with Crippen LogP contribution in [0.15, 0.2) is 83.8 Å². The van der Waals surface area contributed by atoms with Gasteiger partial charge >= 0.3 is 0 Å². The lowest BCUT2D eigenvalue weighted by Crippen LogP contribution is -2.51. The first kappa shape index (κ1) is 30.0. The standard InChI is InChI=1S/C29H34ClN3O5S/c1-21(2)18-31-29(35)22(3)32(19-23-11-10-12-24(17-23)38-4)28(34)20-33(27-16-9-8-15-26(27)30)39(36,37)25-13-6-5-7-14-25/h5-17,21-22H,18-20H2,1-4H3,(H,31,35). The van der Waals surface area contributed by atoms with Crippen LogP contribution in [-0.4, -0.2) is 51.4 Å². The van der Waals surface area contributed by atoms with E-state index in [0.29, 0.717) is 12.3 Å². The molecule has 0 fully saturated rings. The maximum atomic E-state index is 13.9. The maximum absolute atomic E-state index is 13.9. The molecule has 0 saturated carbocycles. The molecule has 3 aromatic carbocycles. The predicted octanol–water partition coefficient (Wildman–Crippen LogP) is 4.73. The number of rotatable bonds is 12. The zero-order chi connectivity index (χ0) is 28.6. The molecule has 3 rings (SSSR count). The molecule has 8 nitrogen and oxygen atoms in total. The molecule has 208 valence electrons. The van der Waals surface area contributed by atoms with Crippen molar-refractivity contribution in [3.05, 3.63) is 89.4 Å². The highest BCUT2D eigenvalue weighted by molar-refractivity contribution is 7.92. The van der Waals surface area contributed by atoms with Crippen LogP contribution in [0.5, 0.6) is 5.75 Å². The first-order valence-electron chi connectivity index (χ1n) is 12.6. The molecule has 0 bridgehead atoms. The molecule has 0 aliphatic heterocycles. The highest BCUT2D eigenvalue weighted by atomic mass is 35.5. The first-order valence-corrected chi connectivity index (χ1v) is 14.4. The summed E-state index contributed by atoms with van der Waals surface area (Å²) >= 11 is 6.41. The number of nitrogens with zero attached hydrogens (tertiary/aromatic N) is 2. The van der Waals surface area contributed by atoms with Crippen molar-refractivity contribution in [3.8, 4) is 5.75 Å². The summed E-state index contributed by atoms with van der Waals surface area (Å²) in [4.78, 5) is 28.4. The van der Waals surface area contributed by atoms with E-state index in [4.69, 9.17) is 16.3 Å². The van der Waals surface area contributed by atoms with E-state index in [9.17, 15) is 18.0 Å². The number of anilines is 1. The Hall–Kier alpha value is -3.56. The highest BCUT2D eigenvalue weighted by Crippen LogP contribution is 2.30. The van der Waals surface area contributed by atoms with Crippen molar-refractivity contribution in [1.82, 2.24) is 10.2 Å². The quantitative estimate of drug-likeness (QED) is 0.339. The molecule has 0 aromatic heterocycles. The second-order valence-corrected chi connectivity index (χ2v) is 11.7. The molecule has 0 saturated heterocycles. The minimum absolute atomic E-state index is 0.0137. The van der Waals surface area contributed by atoms with Crippen LogP contribution in [0, 0.1) is 5.92 Å². The van der Waals surface area contributed by atoms with Gasteiger partial charge in [0.15, 0.2) is 0 Å². The summed E-state index contributed by atoms with van der Waals surface area (Å²) in [5.41, 5.74) is 0.885. The number of ether oxygens (including phenoxy) is 1. The summed E-state index contributed by atoms with van der Waals surface area (Å²) in [6.45, 7) is 5.51. The number of methoxy groups -OCH3 is 1. The van der Waals surface area contributed by atoms with Crippen LogP contribution >= 0.6 is 11.6 Å². The second-order valence-electron chi connectivity index (χ2n) is 9.46. The number of amides is 2. The zero-order valence-electron chi connectivity index (χ0n) is 22.5. The van der Waals surface area contributed by atoms with E-state index >= 15 is 0 Å². The largest absolute Gasteiger partial charge is 0.497 e. The van der Waals surface area contributed by atoms with Crippen molar-refractivity contribution in [3.63, 3.8) is 0 Å². The van der Waals surface area contributed by atoms with Crippen LogP contribution in [0.25, 0.3) is 0 Å². The van der Waals surface area contributed by atoms with Gasteiger partial charge in [0, 0.05) is 13.1 Å². The zero-order valence-corrected chi connectivity index (χ0v) is 24.1. The topological polar surface area (TPSA) is 96.0 Å². The Morgan fingerprint density at radius 1 is 0.949 bits per heavy atom. The lowest BCUT2D eigenvalue weighted by molar-refractivity contribution is -0.139. The summed E-state index contributed by atoms with van der Waals surface area (Å²) in [6, 6.07) is 20.5. The van der Waals surface area contributed by atoms with Crippen LogP contribution in [-0.2, 0) is 26.2 Å². The number of hydrogen-bond donors (Lipinski definition) is 1. The number of nitrogens with one attached hydrogen (secondary N) is 1. The van der Waals surface area contributed by atoms with Crippen molar-refractivity contribution in [1.29, 1.82) is 0 Å². The fourth-order valence-corrected chi connectivity index (χ4v) is 5.63. The van der Waals surface area contributed by atoms with Gasteiger partial charge in [0.2, 0.25) is 11.8 Å². The SMILES string of the molecule is COc1cccc(CN(C(=O)CN(c2ccccc2Cl)S(=O)(=O)c2ccccc2)C(C)C(=O)NCC(C)C)c1. The molecule has 0 heterocycles. The van der Waals surface area contributed by atoms with Gasteiger partial charge < -0.3 is 15.0 Å². The van der Waals surface area contributed by atoms with E-state index in [-0.39, 0.29) is 34.0 Å². The summed E-state index contributed by atoms with van der Waals surface area (Å²) in [5.74, 6) is -0.0869. The van der Waals surface area contributed by atoms with Crippen LogP contribution in [0.3, 0.4) is 0 Å². The highest BCUT2D eigenvalue weighted by Gasteiger charge is 2.33. The normalized spacial score (nSPS) is 12.1. The smallest absolute Gasteiger partial charge is 0.264 e. The van der Waals surface area contributed by atoms with E-state index in [1.807, 2.05) is 19.9 Å². The Kier molecular flexibility index (Phi) is 10.4. The van der Waals surface area contributed by atoms with E-state index in [0.717, 1.165) is 9.87 Å². The fraction of sp³-hybridized carbons (Fsp3) is 0.310. The third kappa shape index (κ3) is 7.74. The number of hydrogen-bond acceptors (Lipinski definition) is 5. The average Bonchev–Trinajstić information content (AvgIpc) is 2.93.